The highest BCUT2D eigenvalue weighted by atomic mass is 32.1. The van der Waals surface area contributed by atoms with Crippen molar-refractivity contribution in [3.8, 4) is 0 Å². The van der Waals surface area contributed by atoms with E-state index in [2.05, 4.69) is 20.3 Å². The lowest BCUT2D eigenvalue weighted by atomic mass is 9.94. The number of nitrogen functional groups attached to an aromatic ring is 1. The summed E-state index contributed by atoms with van der Waals surface area (Å²) in [6.07, 6.45) is 1.49. The van der Waals surface area contributed by atoms with Crippen LogP contribution in [0.2, 0.25) is 0 Å². The molecule has 0 bridgehead atoms. The number of aromatic nitrogens is 2. The molecule has 0 unspecified atom stereocenters. The number of hydrazine groups is 1. The van der Waals surface area contributed by atoms with E-state index in [4.69, 9.17) is 5.84 Å². The molecule has 0 amide bonds. The molecule has 102 valence electrons. The van der Waals surface area contributed by atoms with Crippen molar-refractivity contribution in [1.29, 1.82) is 0 Å². The molecule has 0 aromatic carbocycles. The van der Waals surface area contributed by atoms with Crippen LogP contribution in [0.25, 0.3) is 10.2 Å². The summed E-state index contributed by atoms with van der Waals surface area (Å²) in [6.45, 7) is 3.47. The smallest absolute Gasteiger partial charge is 0.240 e. The van der Waals surface area contributed by atoms with E-state index in [1.807, 2.05) is 18.4 Å². The number of aliphatic hydroxyl groups is 1. The van der Waals surface area contributed by atoms with E-state index in [1.54, 1.807) is 11.3 Å². The number of nitrogens with one attached hydrogen (secondary N) is 1. The Hall–Kier alpha value is -1.44. The number of piperidine rings is 1. The number of thiophene rings is 1. The predicted octanol–water partition coefficient (Wildman–Crippen LogP) is 1.33. The van der Waals surface area contributed by atoms with Gasteiger partial charge in [0.2, 0.25) is 5.95 Å². The Labute approximate surface area is 115 Å². The first-order valence-electron chi connectivity index (χ1n) is 6.28. The molecule has 1 saturated heterocycles. The summed E-state index contributed by atoms with van der Waals surface area (Å²) in [5.74, 6) is 6.75. The van der Waals surface area contributed by atoms with Gasteiger partial charge in [-0.25, -0.2) is 10.8 Å². The van der Waals surface area contributed by atoms with Gasteiger partial charge in [0.1, 0.15) is 10.6 Å². The molecule has 0 saturated carbocycles. The molecule has 1 fully saturated rings. The van der Waals surface area contributed by atoms with Gasteiger partial charge in [-0.05, 0) is 31.2 Å². The molecule has 1 aliphatic rings. The Morgan fingerprint density at radius 3 is 2.84 bits per heavy atom. The van der Waals surface area contributed by atoms with Crippen LogP contribution in [0.5, 0.6) is 0 Å². The Morgan fingerprint density at radius 1 is 1.42 bits per heavy atom. The Morgan fingerprint density at radius 2 is 2.16 bits per heavy atom. The fourth-order valence-electron chi connectivity index (χ4n) is 2.35. The molecule has 0 radical (unpaired) electrons. The van der Waals surface area contributed by atoms with Crippen LogP contribution in [0.1, 0.15) is 19.8 Å². The molecule has 0 aliphatic carbocycles. The molecule has 1 aliphatic heterocycles. The minimum Gasteiger partial charge on any atom is -0.390 e. The van der Waals surface area contributed by atoms with E-state index in [0.29, 0.717) is 5.95 Å². The van der Waals surface area contributed by atoms with Gasteiger partial charge in [0.15, 0.2) is 0 Å². The van der Waals surface area contributed by atoms with Gasteiger partial charge in [-0.3, -0.25) is 5.43 Å². The second-order valence-corrected chi connectivity index (χ2v) is 6.03. The zero-order valence-electron chi connectivity index (χ0n) is 10.8. The van der Waals surface area contributed by atoms with Gasteiger partial charge in [0.25, 0.3) is 0 Å². The lowest BCUT2D eigenvalue weighted by Gasteiger charge is -2.36. The second kappa shape index (κ2) is 4.59. The van der Waals surface area contributed by atoms with Gasteiger partial charge in [-0.1, -0.05) is 0 Å². The standard InChI is InChI=1S/C12H17N5OS/c1-12(18)3-5-17(6-4-12)9-8-2-7-19-10(8)15-11(14-9)16-13/h2,7,18H,3-6,13H2,1H3,(H,14,15,16). The van der Waals surface area contributed by atoms with Crippen LogP contribution < -0.4 is 16.2 Å². The predicted molar refractivity (Wildman–Crippen MR) is 77.3 cm³/mol. The third-order valence-electron chi connectivity index (χ3n) is 3.57. The molecule has 4 N–H and O–H groups in total. The lowest BCUT2D eigenvalue weighted by Crippen LogP contribution is -2.42. The van der Waals surface area contributed by atoms with E-state index in [1.165, 1.54) is 0 Å². The lowest BCUT2D eigenvalue weighted by molar-refractivity contribution is 0.0350. The van der Waals surface area contributed by atoms with Crippen LogP contribution in [-0.2, 0) is 0 Å². The van der Waals surface area contributed by atoms with Crippen molar-refractivity contribution in [2.45, 2.75) is 25.4 Å². The van der Waals surface area contributed by atoms with Crippen molar-refractivity contribution >= 4 is 33.3 Å². The monoisotopic (exact) mass is 279 g/mol. The molecule has 2 aromatic rings. The zero-order chi connectivity index (χ0) is 13.5. The Kier molecular flexibility index (Phi) is 3.04. The van der Waals surface area contributed by atoms with E-state index in [9.17, 15) is 5.11 Å². The van der Waals surface area contributed by atoms with Crippen molar-refractivity contribution < 1.29 is 5.11 Å². The van der Waals surface area contributed by atoms with Gasteiger partial charge in [0.05, 0.1) is 11.0 Å². The fraction of sp³-hybridized carbons (Fsp3) is 0.500. The van der Waals surface area contributed by atoms with Crippen LogP contribution in [0, 0.1) is 0 Å². The summed E-state index contributed by atoms with van der Waals surface area (Å²) >= 11 is 1.57. The van der Waals surface area contributed by atoms with Gasteiger partial charge in [-0.2, -0.15) is 4.98 Å². The number of fused-ring (bicyclic) bond motifs is 1. The average molecular weight is 279 g/mol. The number of hydrogen-bond donors (Lipinski definition) is 3. The maximum Gasteiger partial charge on any atom is 0.240 e. The minimum atomic E-state index is -0.563. The van der Waals surface area contributed by atoms with E-state index < -0.39 is 5.60 Å². The van der Waals surface area contributed by atoms with Gasteiger partial charge in [0, 0.05) is 13.1 Å². The third kappa shape index (κ3) is 2.36. The first kappa shape index (κ1) is 12.6. The van der Waals surface area contributed by atoms with Gasteiger partial charge in [-0.15, -0.1) is 11.3 Å². The molecule has 19 heavy (non-hydrogen) atoms. The normalized spacial score (nSPS) is 18.8. The molecule has 3 heterocycles. The molecule has 7 heteroatoms. The second-order valence-electron chi connectivity index (χ2n) is 5.14. The van der Waals surface area contributed by atoms with Crippen molar-refractivity contribution in [2.24, 2.45) is 5.84 Å². The highest BCUT2D eigenvalue weighted by molar-refractivity contribution is 7.16. The van der Waals surface area contributed by atoms with E-state index in [-0.39, 0.29) is 0 Å². The molecular formula is C12H17N5OS. The van der Waals surface area contributed by atoms with Crippen LogP contribution in [0.15, 0.2) is 11.4 Å². The zero-order valence-corrected chi connectivity index (χ0v) is 11.6. The molecule has 0 spiro atoms. The molecule has 2 aromatic heterocycles. The van der Waals surface area contributed by atoms with E-state index >= 15 is 0 Å². The van der Waals surface area contributed by atoms with Crippen LogP contribution >= 0.6 is 11.3 Å². The van der Waals surface area contributed by atoms with Crippen molar-refractivity contribution in [3.05, 3.63) is 11.4 Å². The summed E-state index contributed by atoms with van der Waals surface area (Å²) in [6, 6.07) is 2.03. The van der Waals surface area contributed by atoms with Crippen molar-refractivity contribution in [2.75, 3.05) is 23.4 Å². The fourth-order valence-corrected chi connectivity index (χ4v) is 3.10. The highest BCUT2D eigenvalue weighted by Gasteiger charge is 2.29. The molecule has 3 rings (SSSR count). The Bertz CT molecular complexity index is 587. The number of hydrogen-bond acceptors (Lipinski definition) is 7. The Balaban J connectivity index is 1.98. The summed E-state index contributed by atoms with van der Waals surface area (Å²) in [5.41, 5.74) is 1.95. The maximum absolute atomic E-state index is 10.0. The number of nitrogens with two attached hydrogens (primary N) is 1. The maximum atomic E-state index is 10.0. The minimum absolute atomic E-state index is 0.433. The highest BCUT2D eigenvalue weighted by Crippen LogP contribution is 2.32. The summed E-state index contributed by atoms with van der Waals surface area (Å²) < 4.78 is 0. The van der Waals surface area contributed by atoms with Crippen molar-refractivity contribution in [3.63, 3.8) is 0 Å². The SMILES string of the molecule is CC1(O)CCN(c2nc(NN)nc3sccc23)CC1. The third-order valence-corrected chi connectivity index (χ3v) is 4.38. The van der Waals surface area contributed by atoms with Gasteiger partial charge >= 0.3 is 0 Å². The molecule has 6 nitrogen and oxygen atoms in total. The molecular weight excluding hydrogens is 262 g/mol. The number of anilines is 2. The summed E-state index contributed by atoms with van der Waals surface area (Å²) in [4.78, 5) is 11.9. The van der Waals surface area contributed by atoms with E-state index in [0.717, 1.165) is 42.0 Å². The number of rotatable bonds is 2. The van der Waals surface area contributed by atoms with Gasteiger partial charge < -0.3 is 10.0 Å². The topological polar surface area (TPSA) is 87.3 Å². The largest absolute Gasteiger partial charge is 0.390 e. The average Bonchev–Trinajstić information content (AvgIpc) is 2.86. The van der Waals surface area contributed by atoms with Crippen LogP contribution in [-0.4, -0.2) is 33.8 Å². The first-order chi connectivity index (χ1) is 9.09. The summed E-state index contributed by atoms with van der Waals surface area (Å²) in [7, 11) is 0. The van der Waals surface area contributed by atoms with Crippen LogP contribution in [0.3, 0.4) is 0 Å². The van der Waals surface area contributed by atoms with Crippen LogP contribution in [0.4, 0.5) is 11.8 Å². The quantitative estimate of drug-likeness (QED) is 0.568. The first-order valence-corrected chi connectivity index (χ1v) is 7.16. The van der Waals surface area contributed by atoms with Crippen molar-refractivity contribution in [1.82, 2.24) is 9.97 Å². The number of nitrogens with zero attached hydrogens (tertiary/aromatic N) is 3. The summed E-state index contributed by atoms with van der Waals surface area (Å²) in [5, 5.41) is 13.1. The molecule has 0 atom stereocenters.